The second-order valence-corrected chi connectivity index (χ2v) is 9.04. The number of amides is 2. The van der Waals surface area contributed by atoms with Crippen molar-refractivity contribution in [2.45, 2.75) is 32.9 Å². The van der Waals surface area contributed by atoms with Gasteiger partial charge in [-0.05, 0) is 24.3 Å². The monoisotopic (exact) mass is 429 g/mol. The minimum absolute atomic E-state index is 0.0790. The predicted molar refractivity (Wildman–Crippen MR) is 105 cm³/mol. The number of benzene rings is 1. The Morgan fingerprint density at radius 1 is 1.15 bits per heavy atom. The predicted octanol–water partition coefficient (Wildman–Crippen LogP) is 2.78. The second kappa shape index (κ2) is 6.12. The molecule has 4 atom stereocenters. The average molecular weight is 430 g/mol. The smallest absolute Gasteiger partial charge is 0.240 e. The molecule has 1 aromatic rings. The Kier molecular flexibility index (Phi) is 4.10. The number of carbonyl (C=O) groups is 3. The lowest BCUT2D eigenvalue weighted by Crippen LogP contribution is -2.49. The molecule has 140 valence electrons. The third-order valence-corrected chi connectivity index (χ3v) is 5.86. The van der Waals surface area contributed by atoms with E-state index >= 15 is 0 Å². The van der Waals surface area contributed by atoms with E-state index in [4.69, 9.17) is 0 Å². The van der Waals surface area contributed by atoms with Gasteiger partial charge in [-0.1, -0.05) is 48.8 Å². The van der Waals surface area contributed by atoms with E-state index in [1.54, 1.807) is 35.5 Å². The summed E-state index contributed by atoms with van der Waals surface area (Å²) in [5.74, 6) is -2.02. The standard InChI is InChI=1S/C20H20BrN3O3/c1-20(2,3)17(25)16-15-14(13-8-5-9-22-24(13)16)18(26)23(19(15)27)12-7-4-6-11(21)10-12/h4-10,13-16H,1-3H3/t13-,14-,15-,16+/m1/s1. The van der Waals surface area contributed by atoms with Crippen molar-refractivity contribution in [1.29, 1.82) is 0 Å². The molecular weight excluding hydrogens is 410 g/mol. The third-order valence-electron chi connectivity index (χ3n) is 5.37. The molecule has 0 unspecified atom stereocenters. The Balaban J connectivity index is 1.80. The zero-order chi connectivity index (χ0) is 19.5. The molecule has 27 heavy (non-hydrogen) atoms. The van der Waals surface area contributed by atoms with Crippen molar-refractivity contribution < 1.29 is 14.4 Å². The first kappa shape index (κ1) is 18.1. The van der Waals surface area contributed by atoms with Gasteiger partial charge in [-0.25, -0.2) is 4.90 Å². The van der Waals surface area contributed by atoms with Gasteiger partial charge in [0.1, 0.15) is 6.04 Å². The number of carbonyl (C=O) groups excluding carboxylic acids is 3. The van der Waals surface area contributed by atoms with Crippen LogP contribution in [0.2, 0.25) is 0 Å². The minimum Gasteiger partial charge on any atom is -0.297 e. The maximum absolute atomic E-state index is 13.3. The first-order valence-electron chi connectivity index (χ1n) is 8.88. The molecule has 0 radical (unpaired) electrons. The van der Waals surface area contributed by atoms with E-state index in [1.807, 2.05) is 32.9 Å². The molecule has 0 aromatic heterocycles. The fourth-order valence-corrected chi connectivity index (χ4v) is 4.54. The number of hydrogen-bond acceptors (Lipinski definition) is 5. The normalized spacial score (nSPS) is 29.3. The zero-order valence-electron chi connectivity index (χ0n) is 15.3. The van der Waals surface area contributed by atoms with Crippen LogP contribution in [0, 0.1) is 17.3 Å². The van der Waals surface area contributed by atoms with Crippen LogP contribution in [-0.4, -0.2) is 40.9 Å². The van der Waals surface area contributed by atoms with Gasteiger partial charge in [0.05, 0.1) is 23.6 Å². The van der Waals surface area contributed by atoms with Gasteiger partial charge in [-0.2, -0.15) is 5.10 Å². The van der Waals surface area contributed by atoms with Gasteiger partial charge in [-0.3, -0.25) is 19.4 Å². The molecule has 0 N–H and O–H groups in total. The summed E-state index contributed by atoms with van der Waals surface area (Å²) in [6, 6.07) is 5.96. The van der Waals surface area contributed by atoms with Crippen molar-refractivity contribution in [3.8, 4) is 0 Å². The molecule has 2 saturated heterocycles. The van der Waals surface area contributed by atoms with Crippen LogP contribution in [-0.2, 0) is 14.4 Å². The van der Waals surface area contributed by atoms with E-state index in [1.165, 1.54) is 4.90 Å². The van der Waals surface area contributed by atoms with Crippen molar-refractivity contribution in [1.82, 2.24) is 5.01 Å². The number of imide groups is 1. The van der Waals surface area contributed by atoms with Crippen molar-refractivity contribution in [3.63, 3.8) is 0 Å². The van der Waals surface area contributed by atoms with E-state index in [0.717, 1.165) is 4.47 Å². The summed E-state index contributed by atoms with van der Waals surface area (Å²) >= 11 is 3.39. The summed E-state index contributed by atoms with van der Waals surface area (Å²) in [5, 5.41) is 5.99. The Bertz CT molecular complexity index is 902. The lowest BCUT2D eigenvalue weighted by molar-refractivity contribution is -0.136. The minimum atomic E-state index is -0.741. The molecule has 6 nitrogen and oxygen atoms in total. The molecule has 3 aliphatic heterocycles. The molecule has 0 aliphatic carbocycles. The lowest BCUT2D eigenvalue weighted by Gasteiger charge is -2.33. The highest BCUT2D eigenvalue weighted by atomic mass is 79.9. The summed E-state index contributed by atoms with van der Waals surface area (Å²) < 4.78 is 0.781. The van der Waals surface area contributed by atoms with Gasteiger partial charge >= 0.3 is 0 Å². The van der Waals surface area contributed by atoms with Gasteiger partial charge in [-0.15, -0.1) is 0 Å². The first-order valence-corrected chi connectivity index (χ1v) is 9.68. The highest BCUT2D eigenvalue weighted by Gasteiger charge is 2.64. The maximum atomic E-state index is 13.3. The summed E-state index contributed by atoms with van der Waals surface area (Å²) in [6.45, 7) is 5.48. The molecule has 7 heteroatoms. The van der Waals surface area contributed by atoms with Crippen molar-refractivity contribution >= 4 is 45.4 Å². The van der Waals surface area contributed by atoms with E-state index < -0.39 is 23.3 Å². The van der Waals surface area contributed by atoms with Crippen LogP contribution in [0.3, 0.4) is 0 Å². The van der Waals surface area contributed by atoms with E-state index in [-0.39, 0.29) is 23.6 Å². The number of Topliss-reactive ketones (excluding diaryl/α,β-unsaturated/α-hetero) is 1. The quantitative estimate of drug-likeness (QED) is 0.677. The SMILES string of the molecule is CC(C)(C)C(=O)[C@@H]1[C@@H]2C(=O)N(c3cccc(Br)c3)C(=O)[C@@H]2[C@H]2C=CC=NN21. The van der Waals surface area contributed by atoms with Gasteiger partial charge in [0.25, 0.3) is 0 Å². The molecule has 2 amide bonds. The summed E-state index contributed by atoms with van der Waals surface area (Å²) in [4.78, 5) is 41.0. The summed E-state index contributed by atoms with van der Waals surface area (Å²) in [6.07, 6.45) is 5.22. The zero-order valence-corrected chi connectivity index (χ0v) is 16.9. The second-order valence-electron chi connectivity index (χ2n) is 8.12. The summed E-state index contributed by atoms with van der Waals surface area (Å²) in [7, 11) is 0. The Morgan fingerprint density at radius 2 is 1.85 bits per heavy atom. The molecule has 1 aromatic carbocycles. The highest BCUT2D eigenvalue weighted by Crippen LogP contribution is 2.47. The first-order chi connectivity index (χ1) is 12.7. The molecule has 0 saturated carbocycles. The maximum Gasteiger partial charge on any atom is 0.240 e. The molecule has 4 rings (SSSR count). The Morgan fingerprint density at radius 3 is 2.52 bits per heavy atom. The van der Waals surface area contributed by atoms with Crippen molar-refractivity contribution in [2.75, 3.05) is 4.90 Å². The number of anilines is 1. The number of hydrogen-bond donors (Lipinski definition) is 0. The summed E-state index contributed by atoms with van der Waals surface area (Å²) in [5.41, 5.74) is -0.126. The van der Waals surface area contributed by atoms with E-state index in [2.05, 4.69) is 21.0 Å². The molecular formula is C20H20BrN3O3. The third kappa shape index (κ3) is 2.67. The van der Waals surface area contributed by atoms with Crippen LogP contribution in [0.5, 0.6) is 0 Å². The fraction of sp³-hybridized carbons (Fsp3) is 0.400. The van der Waals surface area contributed by atoms with Crippen molar-refractivity contribution in [2.24, 2.45) is 22.4 Å². The molecule has 3 aliphatic rings. The lowest BCUT2D eigenvalue weighted by atomic mass is 9.80. The van der Waals surface area contributed by atoms with E-state index in [9.17, 15) is 14.4 Å². The molecule has 2 fully saturated rings. The average Bonchev–Trinajstić information content (AvgIpc) is 3.07. The van der Waals surface area contributed by atoms with E-state index in [0.29, 0.717) is 5.69 Å². The van der Waals surface area contributed by atoms with Crippen LogP contribution in [0.25, 0.3) is 0 Å². The van der Waals surface area contributed by atoms with Gasteiger partial charge in [0.2, 0.25) is 11.8 Å². The van der Waals surface area contributed by atoms with Crippen LogP contribution >= 0.6 is 15.9 Å². The Labute approximate surface area is 166 Å². The van der Waals surface area contributed by atoms with Crippen LogP contribution < -0.4 is 4.90 Å². The van der Waals surface area contributed by atoms with Gasteiger partial charge in [0.15, 0.2) is 5.78 Å². The highest BCUT2D eigenvalue weighted by molar-refractivity contribution is 9.10. The van der Waals surface area contributed by atoms with Crippen LogP contribution in [0.1, 0.15) is 20.8 Å². The van der Waals surface area contributed by atoms with Crippen LogP contribution in [0.4, 0.5) is 5.69 Å². The largest absolute Gasteiger partial charge is 0.297 e. The Hall–Kier alpha value is -2.28. The van der Waals surface area contributed by atoms with Crippen LogP contribution in [0.15, 0.2) is 46.0 Å². The molecule has 0 spiro atoms. The fourth-order valence-electron chi connectivity index (χ4n) is 4.15. The number of fused-ring (bicyclic) bond motifs is 3. The van der Waals surface area contributed by atoms with Crippen molar-refractivity contribution in [3.05, 3.63) is 40.9 Å². The molecule has 0 bridgehead atoms. The number of rotatable bonds is 2. The number of ketones is 1. The number of allylic oxidation sites excluding steroid dienone is 1. The topological polar surface area (TPSA) is 70.0 Å². The number of halogens is 1. The molecule has 3 heterocycles. The number of hydrazone groups is 1. The number of nitrogens with zero attached hydrogens (tertiary/aromatic N) is 3. The van der Waals surface area contributed by atoms with Gasteiger partial charge in [0, 0.05) is 16.1 Å². The van der Waals surface area contributed by atoms with Gasteiger partial charge < -0.3 is 0 Å².